The second-order valence-electron chi connectivity index (χ2n) is 5.62. The van der Waals surface area contributed by atoms with E-state index in [2.05, 4.69) is 10.1 Å². The predicted molar refractivity (Wildman–Crippen MR) is 68.0 cm³/mol. The highest BCUT2D eigenvalue weighted by Crippen LogP contribution is 2.26. The molecule has 0 unspecified atom stereocenters. The normalized spacial score (nSPS) is 19.3. The molecule has 1 fully saturated rings. The van der Waals surface area contributed by atoms with Crippen LogP contribution in [0, 0.1) is 0 Å². The second kappa shape index (κ2) is 5.80. The molecule has 0 aliphatic heterocycles. The fourth-order valence-electron chi connectivity index (χ4n) is 2.30. The molecule has 1 aliphatic rings. The zero-order valence-electron chi connectivity index (χ0n) is 11.3. The van der Waals surface area contributed by atoms with E-state index in [1.807, 2.05) is 13.8 Å². The van der Waals surface area contributed by atoms with Gasteiger partial charge in [0.1, 0.15) is 6.61 Å². The minimum absolute atomic E-state index is 0.154. The lowest BCUT2D eigenvalue weighted by Gasteiger charge is -2.32. The van der Waals surface area contributed by atoms with Crippen LogP contribution in [0.5, 0.6) is 0 Å². The van der Waals surface area contributed by atoms with Gasteiger partial charge < -0.3 is 15.0 Å². The van der Waals surface area contributed by atoms with Crippen molar-refractivity contribution in [1.82, 2.24) is 10.1 Å². The summed E-state index contributed by atoms with van der Waals surface area (Å²) in [6.45, 7) is 5.00. The average molecular weight is 253 g/mol. The van der Waals surface area contributed by atoms with Crippen LogP contribution in [0.2, 0.25) is 0 Å². The molecule has 2 rings (SSSR count). The summed E-state index contributed by atoms with van der Waals surface area (Å²) in [5.41, 5.74) is 6.13. The molecule has 5 heteroatoms. The molecule has 0 aromatic carbocycles. The van der Waals surface area contributed by atoms with Crippen molar-refractivity contribution in [2.75, 3.05) is 6.61 Å². The van der Waals surface area contributed by atoms with E-state index in [4.69, 9.17) is 15.0 Å². The van der Waals surface area contributed by atoms with E-state index in [0.717, 1.165) is 18.7 Å². The van der Waals surface area contributed by atoms with Crippen LogP contribution in [0.25, 0.3) is 0 Å². The third kappa shape index (κ3) is 3.53. The van der Waals surface area contributed by atoms with Crippen molar-refractivity contribution in [2.45, 2.75) is 64.0 Å². The first-order valence-corrected chi connectivity index (χ1v) is 6.78. The van der Waals surface area contributed by atoms with Crippen LogP contribution in [-0.2, 0) is 11.3 Å². The largest absolute Gasteiger partial charge is 0.370 e. The molecular weight excluding hydrogens is 230 g/mol. The molecule has 18 heavy (non-hydrogen) atoms. The third-order valence-electron chi connectivity index (χ3n) is 3.46. The summed E-state index contributed by atoms with van der Waals surface area (Å²) >= 11 is 0. The van der Waals surface area contributed by atoms with Crippen molar-refractivity contribution in [1.29, 1.82) is 0 Å². The molecular formula is C13H23N3O2. The Morgan fingerprint density at radius 3 is 2.67 bits per heavy atom. The maximum Gasteiger partial charge on any atom is 0.252 e. The Labute approximate surface area is 108 Å². The summed E-state index contributed by atoms with van der Waals surface area (Å²) in [6, 6.07) is 0. The lowest BCUT2D eigenvalue weighted by molar-refractivity contribution is 0.0439. The SMILES string of the molecule is CC(C)c1noc(COCC2(N)CCCCC2)n1. The maximum atomic E-state index is 6.29. The molecule has 0 amide bonds. The Morgan fingerprint density at radius 2 is 2.06 bits per heavy atom. The fourth-order valence-corrected chi connectivity index (χ4v) is 2.30. The molecule has 102 valence electrons. The first-order valence-electron chi connectivity index (χ1n) is 6.78. The molecule has 1 aliphatic carbocycles. The highest BCUT2D eigenvalue weighted by molar-refractivity contribution is 4.91. The zero-order chi connectivity index (χ0) is 13.0. The van der Waals surface area contributed by atoms with Crippen LogP contribution >= 0.6 is 0 Å². The molecule has 0 bridgehead atoms. The van der Waals surface area contributed by atoms with Crippen molar-refractivity contribution in [3.8, 4) is 0 Å². The van der Waals surface area contributed by atoms with Crippen LogP contribution in [0.3, 0.4) is 0 Å². The molecule has 1 saturated carbocycles. The minimum Gasteiger partial charge on any atom is -0.370 e. The van der Waals surface area contributed by atoms with E-state index in [-0.39, 0.29) is 11.5 Å². The van der Waals surface area contributed by atoms with Gasteiger partial charge in [-0.15, -0.1) is 0 Å². The van der Waals surface area contributed by atoms with Gasteiger partial charge in [0, 0.05) is 11.5 Å². The number of hydrogen-bond donors (Lipinski definition) is 1. The Morgan fingerprint density at radius 1 is 1.33 bits per heavy atom. The number of rotatable bonds is 5. The third-order valence-corrected chi connectivity index (χ3v) is 3.46. The van der Waals surface area contributed by atoms with E-state index in [0.29, 0.717) is 19.1 Å². The first kappa shape index (κ1) is 13.5. The van der Waals surface area contributed by atoms with Gasteiger partial charge in [-0.05, 0) is 12.8 Å². The zero-order valence-corrected chi connectivity index (χ0v) is 11.3. The lowest BCUT2D eigenvalue weighted by atomic mass is 9.83. The number of nitrogens with two attached hydrogens (primary N) is 1. The van der Waals surface area contributed by atoms with Gasteiger partial charge in [-0.2, -0.15) is 4.98 Å². The van der Waals surface area contributed by atoms with Crippen molar-refractivity contribution in [3.63, 3.8) is 0 Å². The van der Waals surface area contributed by atoms with Crippen LogP contribution in [-0.4, -0.2) is 22.3 Å². The van der Waals surface area contributed by atoms with Gasteiger partial charge in [-0.1, -0.05) is 38.3 Å². The van der Waals surface area contributed by atoms with E-state index in [9.17, 15) is 0 Å². The Kier molecular flexibility index (Phi) is 4.35. The van der Waals surface area contributed by atoms with Crippen molar-refractivity contribution >= 4 is 0 Å². The van der Waals surface area contributed by atoms with Gasteiger partial charge in [0.15, 0.2) is 5.82 Å². The van der Waals surface area contributed by atoms with Gasteiger partial charge in [0.25, 0.3) is 5.89 Å². The molecule has 5 nitrogen and oxygen atoms in total. The highest BCUT2D eigenvalue weighted by atomic mass is 16.5. The number of aromatic nitrogens is 2. The molecule has 0 saturated heterocycles. The summed E-state index contributed by atoms with van der Waals surface area (Å²) in [7, 11) is 0. The Bertz CT molecular complexity index is 370. The van der Waals surface area contributed by atoms with Gasteiger partial charge in [-0.25, -0.2) is 0 Å². The number of nitrogens with zero attached hydrogens (tertiary/aromatic N) is 2. The molecule has 1 heterocycles. The van der Waals surface area contributed by atoms with Gasteiger partial charge in [0.2, 0.25) is 0 Å². The van der Waals surface area contributed by atoms with Crippen LogP contribution in [0.15, 0.2) is 4.52 Å². The second-order valence-corrected chi connectivity index (χ2v) is 5.62. The van der Waals surface area contributed by atoms with Crippen LogP contribution in [0.4, 0.5) is 0 Å². The molecule has 0 spiro atoms. The minimum atomic E-state index is -0.154. The van der Waals surface area contributed by atoms with Crippen molar-refractivity contribution in [2.24, 2.45) is 5.73 Å². The Hall–Kier alpha value is -0.940. The lowest BCUT2D eigenvalue weighted by Crippen LogP contribution is -2.46. The molecule has 1 aromatic heterocycles. The summed E-state index contributed by atoms with van der Waals surface area (Å²) in [4.78, 5) is 4.27. The highest BCUT2D eigenvalue weighted by Gasteiger charge is 2.27. The summed E-state index contributed by atoms with van der Waals surface area (Å²) in [5, 5.41) is 3.90. The quantitative estimate of drug-likeness (QED) is 0.872. The topological polar surface area (TPSA) is 74.2 Å². The molecule has 2 N–H and O–H groups in total. The van der Waals surface area contributed by atoms with Crippen LogP contribution in [0.1, 0.15) is 63.6 Å². The molecule has 0 radical (unpaired) electrons. The number of hydrogen-bond acceptors (Lipinski definition) is 5. The van der Waals surface area contributed by atoms with E-state index in [1.165, 1.54) is 19.3 Å². The van der Waals surface area contributed by atoms with Crippen molar-refractivity contribution < 1.29 is 9.26 Å². The summed E-state index contributed by atoms with van der Waals surface area (Å²) in [5.74, 6) is 1.55. The summed E-state index contributed by atoms with van der Waals surface area (Å²) < 4.78 is 10.8. The van der Waals surface area contributed by atoms with Gasteiger partial charge in [0.05, 0.1) is 6.61 Å². The van der Waals surface area contributed by atoms with Gasteiger partial charge >= 0.3 is 0 Å². The Balaban J connectivity index is 1.77. The first-order chi connectivity index (χ1) is 8.59. The maximum absolute atomic E-state index is 6.29. The predicted octanol–water partition coefficient (Wildman–Crippen LogP) is 2.37. The standard InChI is InChI=1S/C13H23N3O2/c1-10(2)12-15-11(18-16-12)8-17-9-13(14)6-4-3-5-7-13/h10H,3-9,14H2,1-2H3. The number of ether oxygens (including phenoxy) is 1. The fraction of sp³-hybridized carbons (Fsp3) is 0.846. The monoisotopic (exact) mass is 253 g/mol. The molecule has 0 atom stereocenters. The van der Waals surface area contributed by atoms with Crippen LogP contribution < -0.4 is 5.73 Å². The summed E-state index contributed by atoms with van der Waals surface area (Å²) in [6.07, 6.45) is 5.80. The van der Waals surface area contributed by atoms with E-state index < -0.39 is 0 Å². The van der Waals surface area contributed by atoms with Crippen molar-refractivity contribution in [3.05, 3.63) is 11.7 Å². The van der Waals surface area contributed by atoms with Gasteiger partial charge in [-0.3, -0.25) is 0 Å². The van der Waals surface area contributed by atoms with E-state index in [1.54, 1.807) is 0 Å². The average Bonchev–Trinajstić information content (AvgIpc) is 2.78. The molecule has 1 aromatic rings. The van der Waals surface area contributed by atoms with E-state index >= 15 is 0 Å². The smallest absolute Gasteiger partial charge is 0.252 e.